The summed E-state index contributed by atoms with van der Waals surface area (Å²) in [6, 6.07) is 0. The summed E-state index contributed by atoms with van der Waals surface area (Å²) >= 11 is 0. The van der Waals surface area contributed by atoms with Crippen molar-refractivity contribution in [2.45, 2.75) is 38.7 Å². The molecule has 58 valence electrons. The van der Waals surface area contributed by atoms with Crippen molar-refractivity contribution < 1.29 is 5.11 Å². The molecule has 0 fully saturated rings. The molecule has 0 saturated carbocycles. The van der Waals surface area contributed by atoms with Crippen LogP contribution in [0.5, 0.6) is 0 Å². The lowest BCUT2D eigenvalue weighted by Gasteiger charge is -2.17. The van der Waals surface area contributed by atoms with Crippen molar-refractivity contribution in [1.29, 1.82) is 0 Å². The zero-order valence-corrected chi connectivity index (χ0v) is 6.59. The number of allylic oxidation sites excluding steroid dienone is 2. The van der Waals surface area contributed by atoms with Crippen LogP contribution in [-0.2, 0) is 0 Å². The zero-order valence-electron chi connectivity index (χ0n) is 6.59. The van der Waals surface area contributed by atoms with E-state index in [0.717, 1.165) is 6.42 Å². The normalized spacial score (nSPS) is 28.4. The molecule has 0 bridgehead atoms. The van der Waals surface area contributed by atoms with Crippen molar-refractivity contribution in [2.24, 2.45) is 5.92 Å². The monoisotopic (exact) mass is 140 g/mol. The van der Waals surface area contributed by atoms with Crippen LogP contribution in [0.1, 0.15) is 32.6 Å². The minimum atomic E-state index is -0.132. The molecule has 1 heteroatoms. The molecule has 1 N–H and O–H groups in total. The van der Waals surface area contributed by atoms with Crippen LogP contribution in [0.3, 0.4) is 0 Å². The van der Waals surface area contributed by atoms with Gasteiger partial charge in [-0.05, 0) is 38.5 Å². The van der Waals surface area contributed by atoms with Crippen molar-refractivity contribution >= 4 is 0 Å². The van der Waals surface area contributed by atoms with Gasteiger partial charge in [0.25, 0.3) is 0 Å². The molecular weight excluding hydrogens is 124 g/mol. The van der Waals surface area contributed by atoms with Crippen molar-refractivity contribution in [3.8, 4) is 0 Å². The van der Waals surface area contributed by atoms with E-state index in [1.165, 1.54) is 19.3 Å². The van der Waals surface area contributed by atoms with Gasteiger partial charge in [-0.3, -0.25) is 0 Å². The molecule has 10 heavy (non-hydrogen) atoms. The van der Waals surface area contributed by atoms with Gasteiger partial charge >= 0.3 is 0 Å². The maximum Gasteiger partial charge on any atom is 0.0517 e. The molecule has 0 saturated heterocycles. The molecule has 0 radical (unpaired) electrons. The fraction of sp³-hybridized carbons (Fsp3) is 0.778. The van der Waals surface area contributed by atoms with E-state index in [-0.39, 0.29) is 6.10 Å². The Hall–Kier alpha value is -0.300. The van der Waals surface area contributed by atoms with Gasteiger partial charge in [0.2, 0.25) is 0 Å². The number of hydrogen-bond donors (Lipinski definition) is 1. The van der Waals surface area contributed by atoms with E-state index in [4.69, 9.17) is 5.11 Å². The molecule has 2 atom stereocenters. The first-order valence-corrected chi connectivity index (χ1v) is 4.14. The van der Waals surface area contributed by atoms with E-state index < -0.39 is 0 Å². The molecule has 0 aromatic rings. The highest BCUT2D eigenvalue weighted by molar-refractivity contribution is 4.93. The lowest BCUT2D eigenvalue weighted by molar-refractivity contribution is 0.166. The second-order valence-corrected chi connectivity index (χ2v) is 3.20. The summed E-state index contributed by atoms with van der Waals surface area (Å²) in [7, 11) is 0. The SMILES string of the molecule is C[C@@H](O)CC1C=CCCC1. The third kappa shape index (κ3) is 2.53. The molecular formula is C9H16O. The topological polar surface area (TPSA) is 20.2 Å². The number of hydrogen-bond acceptors (Lipinski definition) is 1. The first kappa shape index (κ1) is 7.80. The molecule has 1 aliphatic carbocycles. The van der Waals surface area contributed by atoms with Gasteiger partial charge in [-0.25, -0.2) is 0 Å². The minimum Gasteiger partial charge on any atom is -0.393 e. The van der Waals surface area contributed by atoms with Crippen molar-refractivity contribution in [1.82, 2.24) is 0 Å². The van der Waals surface area contributed by atoms with Crippen LogP contribution in [-0.4, -0.2) is 11.2 Å². The first-order chi connectivity index (χ1) is 4.79. The third-order valence-electron chi connectivity index (χ3n) is 2.00. The Morgan fingerprint density at radius 1 is 1.70 bits per heavy atom. The van der Waals surface area contributed by atoms with Gasteiger partial charge in [0.15, 0.2) is 0 Å². The maximum atomic E-state index is 9.07. The molecule has 0 heterocycles. The van der Waals surface area contributed by atoms with Crippen LogP contribution < -0.4 is 0 Å². The molecule has 0 aromatic heterocycles. The maximum absolute atomic E-state index is 9.07. The highest BCUT2D eigenvalue weighted by Gasteiger charge is 2.09. The lowest BCUT2D eigenvalue weighted by atomic mass is 9.91. The fourth-order valence-electron chi connectivity index (χ4n) is 1.52. The van der Waals surface area contributed by atoms with Crippen LogP contribution in [0, 0.1) is 5.92 Å². The summed E-state index contributed by atoms with van der Waals surface area (Å²) in [4.78, 5) is 0. The van der Waals surface area contributed by atoms with Crippen LogP contribution in [0.2, 0.25) is 0 Å². The molecule has 0 aromatic carbocycles. The minimum absolute atomic E-state index is 0.132. The van der Waals surface area contributed by atoms with Gasteiger partial charge in [0.1, 0.15) is 0 Å². The molecule has 0 spiro atoms. The van der Waals surface area contributed by atoms with E-state index in [2.05, 4.69) is 12.2 Å². The summed E-state index contributed by atoms with van der Waals surface area (Å²) in [5, 5.41) is 9.07. The van der Waals surface area contributed by atoms with E-state index in [9.17, 15) is 0 Å². The zero-order chi connectivity index (χ0) is 7.40. The molecule has 0 amide bonds. The first-order valence-electron chi connectivity index (χ1n) is 4.14. The predicted octanol–water partition coefficient (Wildman–Crippen LogP) is 2.11. The number of aliphatic hydroxyl groups excluding tert-OH is 1. The average Bonchev–Trinajstić information content (AvgIpc) is 1.88. The smallest absolute Gasteiger partial charge is 0.0517 e. The Kier molecular flexibility index (Phi) is 2.94. The highest BCUT2D eigenvalue weighted by Crippen LogP contribution is 2.21. The average molecular weight is 140 g/mol. The quantitative estimate of drug-likeness (QED) is 0.582. The third-order valence-corrected chi connectivity index (χ3v) is 2.00. The van der Waals surface area contributed by atoms with Gasteiger partial charge in [-0.15, -0.1) is 0 Å². The highest BCUT2D eigenvalue weighted by atomic mass is 16.3. The molecule has 1 nitrogen and oxygen atoms in total. The largest absolute Gasteiger partial charge is 0.393 e. The molecule has 1 unspecified atom stereocenters. The Balaban J connectivity index is 2.26. The van der Waals surface area contributed by atoms with Crippen LogP contribution >= 0.6 is 0 Å². The van der Waals surface area contributed by atoms with Gasteiger partial charge in [-0.2, -0.15) is 0 Å². The summed E-state index contributed by atoms with van der Waals surface area (Å²) in [5.74, 6) is 0.647. The van der Waals surface area contributed by atoms with Crippen molar-refractivity contribution in [3.63, 3.8) is 0 Å². The Labute approximate surface area is 62.8 Å². The Morgan fingerprint density at radius 2 is 2.50 bits per heavy atom. The van der Waals surface area contributed by atoms with Gasteiger partial charge in [0.05, 0.1) is 6.10 Å². The summed E-state index contributed by atoms with van der Waals surface area (Å²) in [6.07, 6.45) is 9.09. The lowest BCUT2D eigenvalue weighted by Crippen LogP contribution is -2.09. The summed E-state index contributed by atoms with van der Waals surface area (Å²) in [5.41, 5.74) is 0. The van der Waals surface area contributed by atoms with Gasteiger partial charge in [-0.1, -0.05) is 12.2 Å². The van der Waals surface area contributed by atoms with Crippen LogP contribution in [0.25, 0.3) is 0 Å². The second-order valence-electron chi connectivity index (χ2n) is 3.20. The second kappa shape index (κ2) is 3.77. The molecule has 0 aliphatic heterocycles. The summed E-state index contributed by atoms with van der Waals surface area (Å²) in [6.45, 7) is 1.86. The predicted molar refractivity (Wildman–Crippen MR) is 42.8 cm³/mol. The molecule has 1 rings (SSSR count). The van der Waals surface area contributed by atoms with E-state index in [1.54, 1.807) is 0 Å². The Bertz CT molecular complexity index is 116. The van der Waals surface area contributed by atoms with Crippen LogP contribution in [0.15, 0.2) is 12.2 Å². The number of rotatable bonds is 2. The fourth-order valence-corrected chi connectivity index (χ4v) is 1.52. The standard InChI is InChI=1S/C9H16O/c1-8(10)7-9-5-3-2-4-6-9/h3,5,8-10H,2,4,6-7H2,1H3/t8-,9?/m1/s1. The van der Waals surface area contributed by atoms with E-state index >= 15 is 0 Å². The van der Waals surface area contributed by atoms with Gasteiger partial charge < -0.3 is 5.11 Å². The van der Waals surface area contributed by atoms with Crippen LogP contribution in [0.4, 0.5) is 0 Å². The van der Waals surface area contributed by atoms with E-state index in [0.29, 0.717) is 5.92 Å². The van der Waals surface area contributed by atoms with E-state index in [1.807, 2.05) is 6.92 Å². The summed E-state index contributed by atoms with van der Waals surface area (Å²) < 4.78 is 0. The number of aliphatic hydroxyl groups is 1. The Morgan fingerprint density at radius 3 is 3.00 bits per heavy atom. The van der Waals surface area contributed by atoms with Gasteiger partial charge in [0, 0.05) is 0 Å². The van der Waals surface area contributed by atoms with Crippen molar-refractivity contribution in [2.75, 3.05) is 0 Å². The van der Waals surface area contributed by atoms with Crippen molar-refractivity contribution in [3.05, 3.63) is 12.2 Å². The molecule has 1 aliphatic rings.